The molecule has 0 saturated heterocycles. The number of hydrogen-bond donors (Lipinski definition) is 1. The molecule has 0 amide bonds. The fourth-order valence-electron chi connectivity index (χ4n) is 2.07. The van der Waals surface area contributed by atoms with Gasteiger partial charge in [-0.15, -0.1) is 0 Å². The molecule has 0 aliphatic carbocycles. The Morgan fingerprint density at radius 2 is 2.05 bits per heavy atom. The highest BCUT2D eigenvalue weighted by atomic mass is 19.1. The number of rotatable bonds is 2. The van der Waals surface area contributed by atoms with Crippen molar-refractivity contribution in [3.63, 3.8) is 0 Å². The lowest BCUT2D eigenvalue weighted by atomic mass is 10.1. The molecule has 0 radical (unpaired) electrons. The maximum atomic E-state index is 13.1. The Morgan fingerprint density at radius 1 is 1.21 bits per heavy atom. The van der Waals surface area contributed by atoms with Gasteiger partial charge in [0.15, 0.2) is 0 Å². The summed E-state index contributed by atoms with van der Waals surface area (Å²) >= 11 is 0. The van der Waals surface area contributed by atoms with Crippen LogP contribution in [0.1, 0.15) is 23.2 Å². The highest BCUT2D eigenvalue weighted by Gasteiger charge is 2.15. The van der Waals surface area contributed by atoms with Crippen LogP contribution in [0.15, 0.2) is 46.9 Å². The van der Waals surface area contributed by atoms with Gasteiger partial charge in [-0.3, -0.25) is 4.98 Å². The zero-order valence-corrected chi connectivity index (χ0v) is 10.4. The van der Waals surface area contributed by atoms with Crippen LogP contribution in [0.3, 0.4) is 0 Å². The molecule has 4 heteroatoms. The van der Waals surface area contributed by atoms with E-state index < -0.39 is 6.04 Å². The van der Waals surface area contributed by atoms with Gasteiger partial charge in [-0.05, 0) is 43.3 Å². The van der Waals surface area contributed by atoms with Crippen LogP contribution in [0.5, 0.6) is 0 Å². The molecular weight excluding hydrogens is 243 g/mol. The van der Waals surface area contributed by atoms with Crippen LogP contribution in [-0.2, 0) is 0 Å². The topological polar surface area (TPSA) is 52.0 Å². The van der Waals surface area contributed by atoms with E-state index in [1.54, 1.807) is 12.1 Å². The summed E-state index contributed by atoms with van der Waals surface area (Å²) in [6.45, 7) is 1.91. The molecule has 3 nitrogen and oxygen atoms in total. The third-order valence-corrected chi connectivity index (χ3v) is 3.03. The molecule has 2 heterocycles. The van der Waals surface area contributed by atoms with Crippen LogP contribution in [0.25, 0.3) is 11.0 Å². The molecule has 1 aromatic carbocycles. The third kappa shape index (κ3) is 2.22. The summed E-state index contributed by atoms with van der Waals surface area (Å²) in [6.07, 6.45) is 0. The maximum absolute atomic E-state index is 13.1. The second-order valence-corrected chi connectivity index (χ2v) is 4.51. The minimum absolute atomic E-state index is 0.290. The highest BCUT2D eigenvalue weighted by molar-refractivity contribution is 5.78. The van der Waals surface area contributed by atoms with E-state index in [-0.39, 0.29) is 5.82 Å². The van der Waals surface area contributed by atoms with Gasteiger partial charge in [0.1, 0.15) is 23.2 Å². The lowest BCUT2D eigenvalue weighted by Gasteiger charge is -2.08. The molecule has 3 aromatic rings. The predicted octanol–water partition coefficient (Wildman–Crippen LogP) is 3.32. The molecule has 0 aliphatic heterocycles. The van der Waals surface area contributed by atoms with E-state index in [4.69, 9.17) is 10.2 Å². The number of halogens is 1. The first-order valence-corrected chi connectivity index (χ1v) is 6.01. The van der Waals surface area contributed by atoms with Crippen LogP contribution < -0.4 is 5.73 Å². The standard InChI is InChI=1S/C15H13FN2O/c1-9-3-2-4-12(18-9)15(17)14-8-10-7-11(16)5-6-13(10)19-14/h2-8,15H,17H2,1H3. The molecule has 0 fully saturated rings. The van der Waals surface area contributed by atoms with Gasteiger partial charge in [-0.2, -0.15) is 0 Å². The van der Waals surface area contributed by atoms with Gasteiger partial charge in [-0.1, -0.05) is 6.07 Å². The van der Waals surface area contributed by atoms with Crippen molar-refractivity contribution in [3.05, 3.63) is 65.4 Å². The molecule has 0 aliphatic rings. The molecule has 0 bridgehead atoms. The lowest BCUT2D eigenvalue weighted by Crippen LogP contribution is -2.12. The Bertz CT molecular complexity index is 736. The van der Waals surface area contributed by atoms with Crippen molar-refractivity contribution in [2.45, 2.75) is 13.0 Å². The quantitative estimate of drug-likeness (QED) is 0.765. The van der Waals surface area contributed by atoms with Crippen LogP contribution >= 0.6 is 0 Å². The van der Waals surface area contributed by atoms with E-state index in [1.165, 1.54) is 12.1 Å². The summed E-state index contributed by atoms with van der Waals surface area (Å²) in [6, 6.07) is 11.4. The largest absolute Gasteiger partial charge is 0.459 e. The van der Waals surface area contributed by atoms with Crippen LogP contribution in [0, 0.1) is 12.7 Å². The van der Waals surface area contributed by atoms with E-state index in [1.807, 2.05) is 25.1 Å². The molecule has 3 rings (SSSR count). The van der Waals surface area contributed by atoms with Gasteiger partial charge in [0.25, 0.3) is 0 Å². The summed E-state index contributed by atoms with van der Waals surface area (Å²) in [4.78, 5) is 4.38. The van der Waals surface area contributed by atoms with E-state index in [2.05, 4.69) is 4.98 Å². The normalized spacial score (nSPS) is 12.8. The SMILES string of the molecule is Cc1cccc(C(N)c2cc3cc(F)ccc3o2)n1. The van der Waals surface area contributed by atoms with Crippen molar-refractivity contribution in [3.8, 4) is 0 Å². The molecule has 1 atom stereocenters. The summed E-state index contributed by atoms with van der Waals surface area (Å²) < 4.78 is 18.8. The average molecular weight is 256 g/mol. The molecule has 2 aromatic heterocycles. The van der Waals surface area contributed by atoms with E-state index in [0.29, 0.717) is 16.7 Å². The fourth-order valence-corrected chi connectivity index (χ4v) is 2.07. The Balaban J connectivity index is 2.04. The first-order chi connectivity index (χ1) is 9.13. The Kier molecular flexibility index (Phi) is 2.80. The van der Waals surface area contributed by atoms with Gasteiger partial charge in [0.2, 0.25) is 0 Å². The van der Waals surface area contributed by atoms with Gasteiger partial charge >= 0.3 is 0 Å². The van der Waals surface area contributed by atoms with Crippen molar-refractivity contribution in [1.29, 1.82) is 0 Å². The van der Waals surface area contributed by atoms with Gasteiger partial charge < -0.3 is 10.2 Å². The summed E-state index contributed by atoms with van der Waals surface area (Å²) in [5.74, 6) is 0.292. The van der Waals surface area contributed by atoms with Crippen molar-refractivity contribution < 1.29 is 8.81 Å². The number of benzene rings is 1. The minimum Gasteiger partial charge on any atom is -0.459 e. The summed E-state index contributed by atoms with van der Waals surface area (Å²) in [5, 5.41) is 0.707. The molecule has 0 spiro atoms. The number of fused-ring (bicyclic) bond motifs is 1. The molecule has 96 valence electrons. The highest BCUT2D eigenvalue weighted by Crippen LogP contribution is 2.26. The van der Waals surface area contributed by atoms with Crippen LogP contribution in [0.4, 0.5) is 4.39 Å². The van der Waals surface area contributed by atoms with Gasteiger partial charge in [0, 0.05) is 11.1 Å². The van der Waals surface area contributed by atoms with Crippen molar-refractivity contribution in [2.75, 3.05) is 0 Å². The number of aromatic nitrogens is 1. The summed E-state index contributed by atoms with van der Waals surface area (Å²) in [5.41, 5.74) is 8.40. The lowest BCUT2D eigenvalue weighted by molar-refractivity contribution is 0.520. The minimum atomic E-state index is -0.449. The molecule has 2 N–H and O–H groups in total. The number of pyridine rings is 1. The van der Waals surface area contributed by atoms with Crippen LogP contribution in [-0.4, -0.2) is 4.98 Å². The van der Waals surface area contributed by atoms with Crippen molar-refractivity contribution in [1.82, 2.24) is 4.98 Å². The molecule has 19 heavy (non-hydrogen) atoms. The third-order valence-electron chi connectivity index (χ3n) is 3.03. The monoisotopic (exact) mass is 256 g/mol. The second kappa shape index (κ2) is 4.48. The van der Waals surface area contributed by atoms with Crippen molar-refractivity contribution >= 4 is 11.0 Å². The molecule has 1 unspecified atom stereocenters. The number of nitrogens with two attached hydrogens (primary N) is 1. The zero-order valence-electron chi connectivity index (χ0n) is 10.4. The number of furan rings is 1. The zero-order chi connectivity index (χ0) is 13.4. The Hall–Kier alpha value is -2.20. The van der Waals surface area contributed by atoms with Crippen molar-refractivity contribution in [2.24, 2.45) is 5.73 Å². The van der Waals surface area contributed by atoms with Crippen LogP contribution in [0.2, 0.25) is 0 Å². The first-order valence-electron chi connectivity index (χ1n) is 6.01. The Labute approximate surface area is 109 Å². The Morgan fingerprint density at radius 3 is 2.84 bits per heavy atom. The maximum Gasteiger partial charge on any atom is 0.134 e. The number of aryl methyl sites for hydroxylation is 1. The van der Waals surface area contributed by atoms with Gasteiger partial charge in [-0.25, -0.2) is 4.39 Å². The number of hydrogen-bond acceptors (Lipinski definition) is 3. The van der Waals surface area contributed by atoms with Gasteiger partial charge in [0.05, 0.1) is 5.69 Å². The fraction of sp³-hybridized carbons (Fsp3) is 0.133. The molecule has 0 saturated carbocycles. The second-order valence-electron chi connectivity index (χ2n) is 4.51. The van der Waals surface area contributed by atoms with E-state index in [9.17, 15) is 4.39 Å². The van der Waals surface area contributed by atoms with E-state index in [0.717, 1.165) is 11.4 Å². The summed E-state index contributed by atoms with van der Waals surface area (Å²) in [7, 11) is 0. The number of nitrogens with zero attached hydrogens (tertiary/aromatic N) is 1. The average Bonchev–Trinajstić information content (AvgIpc) is 2.80. The smallest absolute Gasteiger partial charge is 0.134 e. The van der Waals surface area contributed by atoms with E-state index >= 15 is 0 Å². The molecular formula is C15H13FN2O. The first kappa shape index (κ1) is 11.9. The predicted molar refractivity (Wildman–Crippen MR) is 71.2 cm³/mol.